The van der Waals surface area contributed by atoms with Crippen molar-refractivity contribution in [3.63, 3.8) is 0 Å². The Hall–Kier alpha value is -0.920. The van der Waals surface area contributed by atoms with Crippen molar-refractivity contribution in [1.82, 2.24) is 20.6 Å². The van der Waals surface area contributed by atoms with E-state index < -0.39 is 11.7 Å². The van der Waals surface area contributed by atoms with Gasteiger partial charge >= 0.3 is 35.7 Å². The van der Waals surface area contributed by atoms with Gasteiger partial charge in [-0.15, -0.1) is 0 Å². The molecular weight excluding hydrogens is 232 g/mol. The Kier molecular flexibility index (Phi) is 4.06. The van der Waals surface area contributed by atoms with E-state index in [1.165, 1.54) is 12.1 Å². The van der Waals surface area contributed by atoms with E-state index in [1.54, 1.807) is 0 Å². The first-order valence-electron chi connectivity index (χ1n) is 3.94. The van der Waals surface area contributed by atoms with Gasteiger partial charge in [0.15, 0.2) is 0 Å². The Morgan fingerprint density at radius 1 is 1.06 bits per heavy atom. The van der Waals surface area contributed by atoms with Crippen LogP contribution in [-0.4, -0.2) is 15.4 Å². The number of halogens is 3. The third kappa shape index (κ3) is 2.81. The van der Waals surface area contributed by atoms with Crippen LogP contribution in [0, 0.1) is 0 Å². The van der Waals surface area contributed by atoms with Crippen molar-refractivity contribution >= 4 is 0 Å². The molecule has 0 unspecified atom stereocenters. The molecule has 78 valence electrons. The molecule has 0 aliphatic rings. The predicted octanol–water partition coefficient (Wildman–Crippen LogP) is -1.48. The molecule has 2 rings (SSSR count). The smallest absolute Gasteiger partial charge is 0.331 e. The summed E-state index contributed by atoms with van der Waals surface area (Å²) in [6.07, 6.45) is -4.33. The first-order valence-corrected chi connectivity index (χ1v) is 3.94. The molecule has 0 saturated carbocycles. The van der Waals surface area contributed by atoms with E-state index in [0.717, 1.165) is 12.1 Å². The van der Waals surface area contributed by atoms with Crippen LogP contribution in [0.2, 0.25) is 0 Å². The molecule has 4 nitrogen and oxygen atoms in total. The summed E-state index contributed by atoms with van der Waals surface area (Å²) in [7, 11) is 0. The molecule has 8 heteroatoms. The molecule has 0 aliphatic carbocycles. The number of rotatable bonds is 1. The number of nitrogens with zero attached hydrogens (tertiary/aromatic N) is 4. The molecule has 0 radical (unpaired) electrons. The normalized spacial score (nSPS) is 10.9. The van der Waals surface area contributed by atoms with E-state index >= 15 is 0 Å². The van der Waals surface area contributed by atoms with Crippen LogP contribution in [0.5, 0.6) is 0 Å². The molecule has 0 N–H and O–H groups in total. The number of hydrogen-bond donors (Lipinski definition) is 0. The van der Waals surface area contributed by atoms with Crippen molar-refractivity contribution in [3.05, 3.63) is 29.8 Å². The van der Waals surface area contributed by atoms with Crippen molar-refractivity contribution in [2.45, 2.75) is 6.18 Å². The summed E-state index contributed by atoms with van der Waals surface area (Å²) in [4.78, 5) is 0. The monoisotopic (exact) mass is 236 g/mol. The molecule has 16 heavy (non-hydrogen) atoms. The zero-order valence-corrected chi connectivity index (χ0v) is 10.2. The van der Waals surface area contributed by atoms with Gasteiger partial charge in [-0.3, -0.25) is 10.4 Å². The minimum absolute atomic E-state index is 0. The summed E-state index contributed by atoms with van der Waals surface area (Å²) in [6.45, 7) is 0. The summed E-state index contributed by atoms with van der Waals surface area (Å²) in [5, 5.41) is 13.5. The van der Waals surface area contributed by atoms with Crippen molar-refractivity contribution in [3.8, 4) is 11.4 Å². The second-order valence-electron chi connectivity index (χ2n) is 2.78. The average Bonchev–Trinajstić information content (AvgIpc) is 2.69. The Morgan fingerprint density at radius 2 is 1.69 bits per heavy atom. The topological polar surface area (TPSA) is 52.8 Å². The van der Waals surface area contributed by atoms with Gasteiger partial charge in [0.2, 0.25) is 0 Å². The van der Waals surface area contributed by atoms with Gasteiger partial charge in [-0.25, -0.2) is 5.10 Å². The van der Waals surface area contributed by atoms with Gasteiger partial charge in [0.1, 0.15) is 0 Å². The van der Waals surface area contributed by atoms with Crippen LogP contribution in [0.15, 0.2) is 24.3 Å². The average molecular weight is 236 g/mol. The Labute approximate surface area is 111 Å². The van der Waals surface area contributed by atoms with E-state index in [1.807, 2.05) is 0 Å². The van der Waals surface area contributed by atoms with Gasteiger partial charge < -0.3 is 5.10 Å². The van der Waals surface area contributed by atoms with E-state index in [9.17, 15) is 13.2 Å². The third-order valence-corrected chi connectivity index (χ3v) is 1.79. The first-order chi connectivity index (χ1) is 7.07. The predicted molar refractivity (Wildman–Crippen MR) is 43.6 cm³/mol. The van der Waals surface area contributed by atoms with Gasteiger partial charge in [0.05, 0.1) is 11.4 Å². The third-order valence-electron chi connectivity index (χ3n) is 1.79. The summed E-state index contributed by atoms with van der Waals surface area (Å²) >= 11 is 0. The van der Waals surface area contributed by atoms with Crippen LogP contribution in [0.1, 0.15) is 5.56 Å². The van der Waals surface area contributed by atoms with Gasteiger partial charge in [-0.05, 0) is 17.7 Å². The van der Waals surface area contributed by atoms with Crippen molar-refractivity contribution < 1.29 is 42.7 Å². The van der Waals surface area contributed by atoms with E-state index in [0.29, 0.717) is 5.56 Å². The second-order valence-corrected chi connectivity index (χ2v) is 2.78. The summed E-state index contributed by atoms with van der Waals surface area (Å²) in [6, 6.07) is 4.49. The maximum Gasteiger partial charge on any atom is 1.00 e. The molecule has 2 aromatic rings. The molecule has 0 atom stereocenters. The van der Waals surface area contributed by atoms with Crippen LogP contribution in [0.3, 0.4) is 0 Å². The van der Waals surface area contributed by atoms with Crippen LogP contribution >= 0.6 is 0 Å². The second kappa shape index (κ2) is 4.94. The van der Waals surface area contributed by atoms with Crippen LogP contribution < -0.4 is 34.8 Å². The largest absolute Gasteiger partial charge is 1.00 e. The fourth-order valence-corrected chi connectivity index (χ4v) is 1.07. The summed E-state index contributed by atoms with van der Waals surface area (Å²) in [5.41, 5.74) is -0.258. The zero-order chi connectivity index (χ0) is 10.9. The van der Waals surface area contributed by atoms with Crippen LogP contribution in [0.4, 0.5) is 13.2 Å². The maximum absolute atomic E-state index is 12.2. The summed E-state index contributed by atoms with van der Waals surface area (Å²) in [5.74, 6) is 0.212. The maximum atomic E-state index is 12.2. The van der Waals surface area contributed by atoms with Gasteiger partial charge in [-0.1, -0.05) is 12.1 Å². The molecule has 0 saturated heterocycles. The van der Waals surface area contributed by atoms with Crippen molar-refractivity contribution in [2.24, 2.45) is 0 Å². The molecule has 1 aromatic heterocycles. The fraction of sp³-hybridized carbons (Fsp3) is 0.125. The first kappa shape index (κ1) is 13.1. The number of benzene rings is 1. The van der Waals surface area contributed by atoms with Crippen LogP contribution in [0.25, 0.3) is 11.4 Å². The molecule has 0 bridgehead atoms. The van der Waals surface area contributed by atoms with Crippen LogP contribution in [-0.2, 0) is 6.18 Å². The van der Waals surface area contributed by atoms with Gasteiger partial charge in [-0.2, -0.15) is 13.2 Å². The number of alkyl halides is 3. The fourth-order valence-electron chi connectivity index (χ4n) is 1.07. The van der Waals surface area contributed by atoms with E-state index in [2.05, 4.69) is 20.6 Å². The molecule has 0 amide bonds. The van der Waals surface area contributed by atoms with Gasteiger partial charge in [0.25, 0.3) is 0 Å². The minimum Gasteiger partial charge on any atom is -0.331 e. The molecule has 0 spiro atoms. The zero-order valence-electron chi connectivity index (χ0n) is 8.23. The number of tetrazole rings is 1. The number of aromatic nitrogens is 4. The Bertz CT molecular complexity index is 437. The van der Waals surface area contributed by atoms with E-state index in [4.69, 9.17) is 0 Å². The van der Waals surface area contributed by atoms with Crippen molar-refractivity contribution in [1.29, 1.82) is 0 Å². The quantitative estimate of drug-likeness (QED) is 0.566. The molecule has 1 heterocycles. The van der Waals surface area contributed by atoms with Gasteiger partial charge in [0, 0.05) is 0 Å². The summed E-state index contributed by atoms with van der Waals surface area (Å²) < 4.78 is 36.6. The Balaban J connectivity index is 0.00000128. The standard InChI is InChI=1S/C8H4F3N4.Na/c9-8(10,11)6-3-1-5(2-4-6)7-12-14-15-13-7;/h1-4H;/q-1;+1. The molecule has 0 aliphatic heterocycles. The number of hydrogen-bond acceptors (Lipinski definition) is 3. The SMILES string of the molecule is FC(F)(F)c1ccc(-c2nn[n-]n2)cc1.[Na+]. The van der Waals surface area contributed by atoms with E-state index in [-0.39, 0.29) is 35.4 Å². The molecule has 1 aromatic carbocycles. The minimum atomic E-state index is -4.33. The Morgan fingerprint density at radius 3 is 2.12 bits per heavy atom. The molecule has 0 fully saturated rings. The van der Waals surface area contributed by atoms with Crippen molar-refractivity contribution in [2.75, 3.05) is 0 Å². The molecular formula is C8H4F3N4Na.